The fraction of sp³-hybridized carbons (Fsp3) is 0.500. The molecule has 104 valence electrons. The number of amides is 1. The first-order chi connectivity index (χ1) is 9.11. The number of benzene rings is 1. The second-order valence-electron chi connectivity index (χ2n) is 4.91. The molecule has 2 unspecified atom stereocenters. The number of carbonyl (C=O) groups is 1. The van der Waals surface area contributed by atoms with E-state index >= 15 is 0 Å². The molecule has 0 radical (unpaired) electrons. The van der Waals surface area contributed by atoms with Crippen LogP contribution in [0.1, 0.15) is 30.1 Å². The summed E-state index contributed by atoms with van der Waals surface area (Å²) in [6.07, 6.45) is 2.44. The van der Waals surface area contributed by atoms with Crippen LogP contribution in [0.15, 0.2) is 18.2 Å². The number of anilines is 2. The Morgan fingerprint density at radius 1 is 1.53 bits per heavy atom. The van der Waals surface area contributed by atoms with Crippen molar-refractivity contribution in [3.63, 3.8) is 0 Å². The number of carbonyl (C=O) groups excluding carboxylic acids is 1. The van der Waals surface area contributed by atoms with Crippen LogP contribution in [0.4, 0.5) is 11.4 Å². The van der Waals surface area contributed by atoms with Gasteiger partial charge in [-0.05, 0) is 31.0 Å². The number of hydrogen-bond acceptors (Lipinski definition) is 4. The molecule has 0 spiro atoms. The molecule has 2 atom stereocenters. The highest BCUT2D eigenvalue weighted by atomic mass is 16.5. The van der Waals surface area contributed by atoms with Gasteiger partial charge in [0.1, 0.15) is 0 Å². The van der Waals surface area contributed by atoms with Gasteiger partial charge in [-0.3, -0.25) is 4.79 Å². The first kappa shape index (κ1) is 13.7. The molecule has 5 heteroatoms. The first-order valence-corrected chi connectivity index (χ1v) is 6.66. The molecular formula is C14H21N3O2. The van der Waals surface area contributed by atoms with Gasteiger partial charge in [0.25, 0.3) is 0 Å². The smallest absolute Gasteiger partial charge is 0.248 e. The summed E-state index contributed by atoms with van der Waals surface area (Å²) in [4.78, 5) is 11.0. The van der Waals surface area contributed by atoms with Crippen molar-refractivity contribution in [3.8, 4) is 0 Å². The Bertz CT molecular complexity index is 462. The van der Waals surface area contributed by atoms with Crippen LogP contribution in [0.25, 0.3) is 0 Å². The quantitative estimate of drug-likeness (QED) is 0.704. The Labute approximate surface area is 113 Å². The predicted octanol–water partition coefficient (Wildman–Crippen LogP) is 1.59. The lowest BCUT2D eigenvalue weighted by molar-refractivity contribution is 0.0900. The van der Waals surface area contributed by atoms with E-state index < -0.39 is 5.91 Å². The van der Waals surface area contributed by atoms with Crippen molar-refractivity contribution in [2.45, 2.75) is 25.9 Å². The van der Waals surface area contributed by atoms with E-state index in [9.17, 15) is 4.79 Å². The SMILES string of the molecule is CCC1OCCC1CNc1ccc(C(N)=O)cc1N. The van der Waals surface area contributed by atoms with Crippen molar-refractivity contribution in [2.24, 2.45) is 11.7 Å². The minimum absolute atomic E-state index is 0.332. The largest absolute Gasteiger partial charge is 0.397 e. The molecule has 19 heavy (non-hydrogen) atoms. The number of nitrogens with one attached hydrogen (secondary N) is 1. The van der Waals surface area contributed by atoms with E-state index in [4.69, 9.17) is 16.2 Å². The molecule has 0 bridgehead atoms. The molecule has 1 heterocycles. The Hall–Kier alpha value is -1.75. The van der Waals surface area contributed by atoms with Crippen molar-refractivity contribution in [2.75, 3.05) is 24.2 Å². The van der Waals surface area contributed by atoms with E-state index in [0.29, 0.717) is 23.3 Å². The van der Waals surface area contributed by atoms with Crippen molar-refractivity contribution >= 4 is 17.3 Å². The molecule has 0 aliphatic carbocycles. The number of nitrogen functional groups attached to an aromatic ring is 1. The van der Waals surface area contributed by atoms with Crippen molar-refractivity contribution in [3.05, 3.63) is 23.8 Å². The molecule has 1 saturated heterocycles. The predicted molar refractivity (Wildman–Crippen MR) is 76.0 cm³/mol. The molecule has 1 aromatic rings. The van der Waals surface area contributed by atoms with Gasteiger partial charge in [0, 0.05) is 24.6 Å². The number of primary amides is 1. The highest BCUT2D eigenvalue weighted by Crippen LogP contribution is 2.25. The van der Waals surface area contributed by atoms with Crippen molar-refractivity contribution in [1.82, 2.24) is 0 Å². The van der Waals surface area contributed by atoms with E-state index in [1.165, 1.54) is 0 Å². The maximum Gasteiger partial charge on any atom is 0.248 e. The monoisotopic (exact) mass is 263 g/mol. The maximum absolute atomic E-state index is 11.0. The Balaban J connectivity index is 1.98. The highest BCUT2D eigenvalue weighted by molar-refractivity contribution is 5.94. The second-order valence-corrected chi connectivity index (χ2v) is 4.91. The van der Waals surface area contributed by atoms with E-state index in [-0.39, 0.29) is 0 Å². The zero-order chi connectivity index (χ0) is 13.8. The lowest BCUT2D eigenvalue weighted by atomic mass is 9.99. The Kier molecular flexibility index (Phi) is 4.27. The van der Waals surface area contributed by atoms with Gasteiger partial charge in [-0.2, -0.15) is 0 Å². The zero-order valence-corrected chi connectivity index (χ0v) is 11.2. The van der Waals surface area contributed by atoms with Gasteiger partial charge in [0.2, 0.25) is 5.91 Å². The molecule has 2 rings (SSSR count). The molecule has 1 amide bonds. The third kappa shape index (κ3) is 3.17. The molecule has 5 nitrogen and oxygen atoms in total. The molecule has 1 aliphatic rings. The maximum atomic E-state index is 11.0. The lowest BCUT2D eigenvalue weighted by Gasteiger charge is -2.18. The zero-order valence-electron chi connectivity index (χ0n) is 11.2. The third-order valence-corrected chi connectivity index (χ3v) is 3.64. The summed E-state index contributed by atoms with van der Waals surface area (Å²) in [7, 11) is 0. The van der Waals surface area contributed by atoms with Gasteiger partial charge in [-0.15, -0.1) is 0 Å². The number of nitrogens with two attached hydrogens (primary N) is 2. The molecule has 0 aromatic heterocycles. The standard InChI is InChI=1S/C14H21N3O2/c1-2-13-10(5-6-19-13)8-17-12-4-3-9(14(16)18)7-11(12)15/h3-4,7,10,13,17H,2,5-6,8,15H2,1H3,(H2,16,18). The summed E-state index contributed by atoms with van der Waals surface area (Å²) >= 11 is 0. The summed E-state index contributed by atoms with van der Waals surface area (Å²) in [5.41, 5.74) is 12.9. The van der Waals surface area contributed by atoms with Crippen LogP contribution < -0.4 is 16.8 Å². The average Bonchev–Trinajstić information content (AvgIpc) is 2.84. The van der Waals surface area contributed by atoms with Gasteiger partial charge < -0.3 is 21.5 Å². The van der Waals surface area contributed by atoms with Gasteiger partial charge >= 0.3 is 0 Å². The van der Waals surface area contributed by atoms with Crippen LogP contribution in [-0.4, -0.2) is 25.2 Å². The lowest BCUT2D eigenvalue weighted by Crippen LogP contribution is -2.23. The van der Waals surface area contributed by atoms with Crippen LogP contribution in [0.5, 0.6) is 0 Å². The molecule has 1 fully saturated rings. The first-order valence-electron chi connectivity index (χ1n) is 6.66. The van der Waals surface area contributed by atoms with Crippen LogP contribution in [0.2, 0.25) is 0 Å². The molecule has 0 saturated carbocycles. The summed E-state index contributed by atoms with van der Waals surface area (Å²) < 4.78 is 5.65. The van der Waals surface area contributed by atoms with Gasteiger partial charge in [-0.25, -0.2) is 0 Å². The second kappa shape index (κ2) is 5.93. The highest BCUT2D eigenvalue weighted by Gasteiger charge is 2.26. The summed E-state index contributed by atoms with van der Waals surface area (Å²) in [5, 5.41) is 3.33. The van der Waals surface area contributed by atoms with Gasteiger partial charge in [0.05, 0.1) is 17.5 Å². The van der Waals surface area contributed by atoms with E-state index in [0.717, 1.165) is 31.7 Å². The summed E-state index contributed by atoms with van der Waals surface area (Å²) in [5.74, 6) is 0.0497. The minimum Gasteiger partial charge on any atom is -0.397 e. The molecule has 1 aromatic carbocycles. The molecule has 5 N–H and O–H groups in total. The fourth-order valence-corrected chi connectivity index (χ4v) is 2.50. The van der Waals surface area contributed by atoms with Gasteiger partial charge in [-0.1, -0.05) is 6.92 Å². The summed E-state index contributed by atoms with van der Waals surface area (Å²) in [6.45, 7) is 3.80. The van der Waals surface area contributed by atoms with Crippen molar-refractivity contribution < 1.29 is 9.53 Å². The molecular weight excluding hydrogens is 242 g/mol. The van der Waals surface area contributed by atoms with Crippen LogP contribution >= 0.6 is 0 Å². The van der Waals surface area contributed by atoms with Crippen LogP contribution in [0.3, 0.4) is 0 Å². The van der Waals surface area contributed by atoms with Gasteiger partial charge in [0.15, 0.2) is 0 Å². The summed E-state index contributed by atoms with van der Waals surface area (Å²) in [6, 6.07) is 5.09. The van der Waals surface area contributed by atoms with Crippen LogP contribution in [-0.2, 0) is 4.74 Å². The minimum atomic E-state index is -0.464. The Morgan fingerprint density at radius 3 is 2.95 bits per heavy atom. The molecule has 1 aliphatic heterocycles. The van der Waals surface area contributed by atoms with Crippen molar-refractivity contribution in [1.29, 1.82) is 0 Å². The number of ether oxygens (including phenoxy) is 1. The fourth-order valence-electron chi connectivity index (χ4n) is 2.50. The number of rotatable bonds is 5. The number of hydrogen-bond donors (Lipinski definition) is 3. The third-order valence-electron chi connectivity index (χ3n) is 3.64. The van der Waals surface area contributed by atoms with E-state index in [2.05, 4.69) is 12.2 Å². The Morgan fingerprint density at radius 2 is 2.32 bits per heavy atom. The topological polar surface area (TPSA) is 90.4 Å². The van der Waals surface area contributed by atoms with E-state index in [1.807, 2.05) is 0 Å². The van der Waals surface area contributed by atoms with Crippen LogP contribution in [0, 0.1) is 5.92 Å². The average molecular weight is 263 g/mol. The normalized spacial score (nSPS) is 22.4. The van der Waals surface area contributed by atoms with E-state index in [1.54, 1.807) is 18.2 Å².